The van der Waals surface area contributed by atoms with E-state index in [9.17, 15) is 4.79 Å². The number of carbonyl (C=O) groups is 1. The Hall–Kier alpha value is -1.35. The van der Waals surface area contributed by atoms with Crippen molar-refractivity contribution in [2.75, 3.05) is 0 Å². The number of rotatable bonds is 3. The van der Waals surface area contributed by atoms with Gasteiger partial charge in [-0.25, -0.2) is 0 Å². The molecule has 2 rings (SSSR count). The Bertz CT molecular complexity index is 535. The van der Waals surface area contributed by atoms with Gasteiger partial charge in [0.1, 0.15) is 5.76 Å². The first-order valence-corrected chi connectivity index (χ1v) is 6.30. The van der Waals surface area contributed by atoms with Crippen LogP contribution < -0.4 is 0 Å². The predicted molar refractivity (Wildman–Crippen MR) is 71.2 cm³/mol. The van der Waals surface area contributed by atoms with Crippen LogP contribution in [0.25, 0.3) is 11.3 Å². The highest BCUT2D eigenvalue weighted by atomic mass is 79.9. The Labute approximate surface area is 109 Å². The maximum atomic E-state index is 11.5. The van der Waals surface area contributed by atoms with Crippen molar-refractivity contribution in [2.45, 2.75) is 20.3 Å². The normalized spacial score (nSPS) is 10.5. The number of furan rings is 1. The summed E-state index contributed by atoms with van der Waals surface area (Å²) < 4.78 is 6.57. The average molecular weight is 293 g/mol. The van der Waals surface area contributed by atoms with Crippen LogP contribution in [-0.4, -0.2) is 5.78 Å². The minimum absolute atomic E-state index is 0.0305. The molecule has 1 aromatic carbocycles. The van der Waals surface area contributed by atoms with E-state index in [1.54, 1.807) is 6.07 Å². The molecule has 2 nitrogen and oxygen atoms in total. The quantitative estimate of drug-likeness (QED) is 0.773. The zero-order valence-electron chi connectivity index (χ0n) is 9.79. The molecule has 0 saturated heterocycles. The highest BCUT2D eigenvalue weighted by Gasteiger charge is 2.10. The van der Waals surface area contributed by atoms with E-state index in [0.29, 0.717) is 12.2 Å². The summed E-state index contributed by atoms with van der Waals surface area (Å²) in [4.78, 5) is 11.5. The van der Waals surface area contributed by atoms with Gasteiger partial charge >= 0.3 is 0 Å². The maximum absolute atomic E-state index is 11.5. The summed E-state index contributed by atoms with van der Waals surface area (Å²) >= 11 is 3.45. The molecule has 0 N–H and O–H groups in total. The standard InChI is InChI=1S/C14H13BrO2/c1-3-12(16)14-5-4-13(17-14)10-6-9(2)7-11(15)8-10/h4-8H,3H2,1-2H3. The second-order valence-corrected chi connectivity index (χ2v) is 4.87. The van der Waals surface area contributed by atoms with E-state index in [2.05, 4.69) is 15.9 Å². The minimum Gasteiger partial charge on any atom is -0.453 e. The molecular weight excluding hydrogens is 280 g/mol. The lowest BCUT2D eigenvalue weighted by atomic mass is 10.1. The third-order valence-electron chi connectivity index (χ3n) is 2.53. The van der Waals surface area contributed by atoms with Crippen LogP contribution in [0.3, 0.4) is 0 Å². The SMILES string of the molecule is CCC(=O)c1ccc(-c2cc(C)cc(Br)c2)o1. The third kappa shape index (κ3) is 2.67. The Morgan fingerprint density at radius 3 is 2.71 bits per heavy atom. The molecule has 1 heterocycles. The highest BCUT2D eigenvalue weighted by Crippen LogP contribution is 2.27. The minimum atomic E-state index is 0.0305. The molecule has 2 aromatic rings. The van der Waals surface area contributed by atoms with Crippen molar-refractivity contribution in [3.05, 3.63) is 46.1 Å². The summed E-state index contributed by atoms with van der Waals surface area (Å²) in [6.07, 6.45) is 0.463. The van der Waals surface area contributed by atoms with Gasteiger partial charge in [-0.3, -0.25) is 4.79 Å². The lowest BCUT2D eigenvalue weighted by Gasteiger charge is -2.01. The van der Waals surface area contributed by atoms with Crippen LogP contribution in [-0.2, 0) is 0 Å². The van der Waals surface area contributed by atoms with Gasteiger partial charge in [-0.1, -0.05) is 22.9 Å². The summed E-state index contributed by atoms with van der Waals surface area (Å²) in [5.74, 6) is 1.19. The molecule has 0 aliphatic rings. The lowest BCUT2D eigenvalue weighted by Crippen LogP contribution is -1.92. The number of aryl methyl sites for hydroxylation is 1. The number of hydrogen-bond donors (Lipinski definition) is 0. The second kappa shape index (κ2) is 4.88. The molecule has 0 aliphatic carbocycles. The van der Waals surface area contributed by atoms with Crippen molar-refractivity contribution < 1.29 is 9.21 Å². The lowest BCUT2D eigenvalue weighted by molar-refractivity contribution is 0.0962. The van der Waals surface area contributed by atoms with Gasteiger partial charge in [0.2, 0.25) is 0 Å². The van der Waals surface area contributed by atoms with E-state index >= 15 is 0 Å². The number of Topliss-reactive ketones (excluding diaryl/α,β-unsaturated/α-hetero) is 1. The fourth-order valence-electron chi connectivity index (χ4n) is 1.70. The number of ketones is 1. The molecule has 0 spiro atoms. The summed E-state index contributed by atoms with van der Waals surface area (Å²) in [5, 5.41) is 0. The summed E-state index contributed by atoms with van der Waals surface area (Å²) in [5.41, 5.74) is 2.13. The monoisotopic (exact) mass is 292 g/mol. The summed E-state index contributed by atoms with van der Waals surface area (Å²) in [6.45, 7) is 3.85. The molecule has 0 fully saturated rings. The molecule has 0 radical (unpaired) electrons. The van der Waals surface area contributed by atoms with E-state index in [0.717, 1.165) is 21.4 Å². The smallest absolute Gasteiger partial charge is 0.197 e. The van der Waals surface area contributed by atoms with Crippen LogP contribution in [0.15, 0.2) is 39.2 Å². The number of carbonyl (C=O) groups excluding carboxylic acids is 1. The molecular formula is C14H13BrO2. The molecule has 1 aromatic heterocycles. The molecule has 88 valence electrons. The summed E-state index contributed by atoms with van der Waals surface area (Å²) in [6, 6.07) is 9.61. The molecule has 3 heteroatoms. The van der Waals surface area contributed by atoms with Gasteiger partial charge in [0.25, 0.3) is 0 Å². The molecule has 0 saturated carbocycles. The van der Waals surface area contributed by atoms with Crippen molar-refractivity contribution >= 4 is 21.7 Å². The van der Waals surface area contributed by atoms with E-state index in [4.69, 9.17) is 4.42 Å². The first-order chi connectivity index (χ1) is 8.10. The second-order valence-electron chi connectivity index (χ2n) is 3.96. The Morgan fingerprint density at radius 1 is 1.29 bits per heavy atom. The van der Waals surface area contributed by atoms with Crippen LogP contribution in [0.2, 0.25) is 0 Å². The number of halogens is 1. The third-order valence-corrected chi connectivity index (χ3v) is 2.99. The van der Waals surface area contributed by atoms with Crippen LogP contribution in [0.5, 0.6) is 0 Å². The summed E-state index contributed by atoms with van der Waals surface area (Å²) in [7, 11) is 0. The van der Waals surface area contributed by atoms with Crippen LogP contribution in [0.1, 0.15) is 29.5 Å². The van der Waals surface area contributed by atoms with E-state index in [1.165, 1.54) is 0 Å². The van der Waals surface area contributed by atoms with E-state index in [1.807, 2.05) is 38.1 Å². The van der Waals surface area contributed by atoms with Gasteiger partial charge < -0.3 is 4.42 Å². The van der Waals surface area contributed by atoms with Crippen LogP contribution in [0, 0.1) is 6.92 Å². The van der Waals surface area contributed by atoms with Gasteiger partial charge in [-0.15, -0.1) is 0 Å². The highest BCUT2D eigenvalue weighted by molar-refractivity contribution is 9.10. The van der Waals surface area contributed by atoms with Crippen molar-refractivity contribution in [3.63, 3.8) is 0 Å². The van der Waals surface area contributed by atoms with Crippen molar-refractivity contribution in [3.8, 4) is 11.3 Å². The first kappa shape index (κ1) is 12.1. The van der Waals surface area contributed by atoms with Crippen molar-refractivity contribution in [2.24, 2.45) is 0 Å². The van der Waals surface area contributed by atoms with Crippen molar-refractivity contribution in [1.29, 1.82) is 0 Å². The fraction of sp³-hybridized carbons (Fsp3) is 0.214. The molecule has 0 amide bonds. The van der Waals surface area contributed by atoms with Gasteiger partial charge in [0, 0.05) is 16.5 Å². The van der Waals surface area contributed by atoms with Gasteiger partial charge in [-0.05, 0) is 42.8 Å². The number of hydrogen-bond acceptors (Lipinski definition) is 2. The van der Waals surface area contributed by atoms with Gasteiger partial charge in [0.05, 0.1) is 0 Å². The van der Waals surface area contributed by atoms with Crippen LogP contribution >= 0.6 is 15.9 Å². The molecule has 17 heavy (non-hydrogen) atoms. The average Bonchev–Trinajstić information content (AvgIpc) is 2.76. The molecule has 0 bridgehead atoms. The zero-order chi connectivity index (χ0) is 12.4. The number of benzene rings is 1. The molecule has 0 aliphatic heterocycles. The zero-order valence-corrected chi connectivity index (χ0v) is 11.4. The molecule has 0 atom stereocenters. The van der Waals surface area contributed by atoms with E-state index in [-0.39, 0.29) is 5.78 Å². The largest absolute Gasteiger partial charge is 0.453 e. The molecule has 0 unspecified atom stereocenters. The van der Waals surface area contributed by atoms with Gasteiger partial charge in [0.15, 0.2) is 11.5 Å². The first-order valence-electron chi connectivity index (χ1n) is 5.50. The predicted octanol–water partition coefficient (Wildman–Crippen LogP) is 4.61. The topological polar surface area (TPSA) is 30.2 Å². The Balaban J connectivity index is 2.40. The van der Waals surface area contributed by atoms with Crippen LogP contribution in [0.4, 0.5) is 0 Å². The fourth-order valence-corrected chi connectivity index (χ4v) is 2.30. The van der Waals surface area contributed by atoms with Gasteiger partial charge in [-0.2, -0.15) is 0 Å². The van der Waals surface area contributed by atoms with Crippen molar-refractivity contribution in [1.82, 2.24) is 0 Å². The van der Waals surface area contributed by atoms with E-state index < -0.39 is 0 Å². The Morgan fingerprint density at radius 2 is 2.06 bits per heavy atom. The maximum Gasteiger partial charge on any atom is 0.197 e. The Kier molecular flexibility index (Phi) is 3.48.